The molecule has 2 N–H and O–H groups in total. The van der Waals surface area contributed by atoms with E-state index in [0.29, 0.717) is 29.4 Å². The molecule has 0 saturated heterocycles. The van der Waals surface area contributed by atoms with Crippen molar-refractivity contribution in [3.05, 3.63) is 23.8 Å². The molecule has 1 amide bonds. The molecule has 126 valence electrons. The van der Waals surface area contributed by atoms with Gasteiger partial charge in [0.05, 0.1) is 12.1 Å². The molecule has 2 atom stereocenters. The van der Waals surface area contributed by atoms with Crippen molar-refractivity contribution in [2.45, 2.75) is 39.3 Å². The van der Waals surface area contributed by atoms with Crippen LogP contribution in [0.4, 0.5) is 0 Å². The number of likely N-dealkylation sites (N-methyl/N-ethyl adjacent to an activating group) is 1. The molecule has 2 rings (SSSR count). The van der Waals surface area contributed by atoms with Crippen molar-refractivity contribution >= 4 is 11.7 Å². The highest BCUT2D eigenvalue weighted by atomic mass is 16.7. The van der Waals surface area contributed by atoms with E-state index in [-0.39, 0.29) is 18.5 Å². The molecule has 0 unspecified atom stereocenters. The van der Waals surface area contributed by atoms with Crippen LogP contribution in [0, 0.1) is 5.92 Å². The number of amides is 1. The molecular formula is C17H24N2O4. The molecule has 6 heteroatoms. The van der Waals surface area contributed by atoms with E-state index >= 15 is 0 Å². The van der Waals surface area contributed by atoms with Gasteiger partial charge in [0.2, 0.25) is 12.7 Å². The van der Waals surface area contributed by atoms with E-state index in [1.54, 1.807) is 32.2 Å². The first-order valence-corrected chi connectivity index (χ1v) is 7.77. The van der Waals surface area contributed by atoms with Crippen LogP contribution in [0.2, 0.25) is 0 Å². The molecule has 0 radical (unpaired) electrons. The van der Waals surface area contributed by atoms with Crippen LogP contribution in [0.1, 0.15) is 37.6 Å². The molecule has 0 fully saturated rings. The summed E-state index contributed by atoms with van der Waals surface area (Å²) in [7, 11) is 1.61. The average Bonchev–Trinajstić information content (AvgIpc) is 2.98. The van der Waals surface area contributed by atoms with E-state index in [9.17, 15) is 9.59 Å². The number of benzene rings is 1. The normalized spacial score (nSPS) is 15.4. The zero-order chi connectivity index (χ0) is 17.1. The van der Waals surface area contributed by atoms with E-state index < -0.39 is 12.1 Å². The smallest absolute Gasteiger partial charge is 0.239 e. The number of ether oxygens (including phenoxy) is 2. The highest BCUT2D eigenvalue weighted by Gasteiger charge is 2.28. The van der Waals surface area contributed by atoms with E-state index in [1.807, 2.05) is 13.8 Å². The maximum atomic E-state index is 12.6. The lowest BCUT2D eigenvalue weighted by atomic mass is 10.0. The minimum absolute atomic E-state index is 0.157. The summed E-state index contributed by atoms with van der Waals surface area (Å²) in [5.41, 5.74) is 6.42. The number of Topliss-reactive ketones (excluding diaryl/α,β-unsaturated/α-hetero) is 1. The monoisotopic (exact) mass is 320 g/mol. The van der Waals surface area contributed by atoms with Crippen LogP contribution in [0.15, 0.2) is 18.2 Å². The fraction of sp³-hybridized carbons (Fsp3) is 0.529. The first kappa shape index (κ1) is 17.3. The Morgan fingerprint density at radius 3 is 2.52 bits per heavy atom. The summed E-state index contributed by atoms with van der Waals surface area (Å²) in [6.07, 6.45) is 0.591. The van der Waals surface area contributed by atoms with Gasteiger partial charge in [-0.3, -0.25) is 9.59 Å². The highest BCUT2D eigenvalue weighted by molar-refractivity contribution is 6.02. The lowest BCUT2D eigenvalue weighted by molar-refractivity contribution is -0.132. The Bertz CT molecular complexity index is 600. The van der Waals surface area contributed by atoms with Gasteiger partial charge in [0.25, 0.3) is 0 Å². The predicted octanol–water partition coefficient (Wildman–Crippen LogP) is 1.82. The average molecular weight is 320 g/mol. The van der Waals surface area contributed by atoms with Crippen molar-refractivity contribution in [1.29, 1.82) is 0 Å². The van der Waals surface area contributed by atoms with Gasteiger partial charge >= 0.3 is 0 Å². The Kier molecular flexibility index (Phi) is 5.26. The largest absolute Gasteiger partial charge is 0.454 e. The van der Waals surface area contributed by atoms with Gasteiger partial charge in [-0.1, -0.05) is 13.8 Å². The summed E-state index contributed by atoms with van der Waals surface area (Å²) in [6.45, 7) is 5.88. The molecule has 1 aromatic rings. The van der Waals surface area contributed by atoms with Crippen molar-refractivity contribution in [3.8, 4) is 11.5 Å². The van der Waals surface area contributed by atoms with Crippen LogP contribution in [0.5, 0.6) is 11.5 Å². The number of fused-ring (bicyclic) bond motifs is 1. The molecule has 0 saturated carbocycles. The van der Waals surface area contributed by atoms with Gasteiger partial charge in [-0.25, -0.2) is 0 Å². The Labute approximate surface area is 136 Å². The van der Waals surface area contributed by atoms with Crippen molar-refractivity contribution in [1.82, 2.24) is 4.90 Å². The minimum atomic E-state index is -0.596. The van der Waals surface area contributed by atoms with Crippen LogP contribution in [-0.2, 0) is 4.79 Å². The number of rotatable bonds is 6. The molecule has 1 heterocycles. The SMILES string of the molecule is CC(C)C[C@H](N)C(=O)N(C)[C@H](C)C(=O)c1ccc2c(c1)OCO2. The van der Waals surface area contributed by atoms with Crippen molar-refractivity contribution in [2.24, 2.45) is 11.7 Å². The first-order valence-electron chi connectivity index (χ1n) is 7.77. The van der Waals surface area contributed by atoms with Gasteiger partial charge in [-0.05, 0) is 37.5 Å². The Morgan fingerprint density at radius 2 is 1.87 bits per heavy atom. The summed E-state index contributed by atoms with van der Waals surface area (Å²) in [4.78, 5) is 26.4. The molecule has 0 aromatic heterocycles. The third-order valence-corrected chi connectivity index (χ3v) is 4.01. The Morgan fingerprint density at radius 1 is 1.22 bits per heavy atom. The van der Waals surface area contributed by atoms with Gasteiger partial charge in [0, 0.05) is 12.6 Å². The van der Waals surface area contributed by atoms with Crippen LogP contribution < -0.4 is 15.2 Å². The van der Waals surface area contributed by atoms with Crippen LogP contribution in [0.25, 0.3) is 0 Å². The van der Waals surface area contributed by atoms with Crippen LogP contribution in [-0.4, -0.2) is 42.5 Å². The molecule has 0 aliphatic carbocycles. The van der Waals surface area contributed by atoms with Crippen molar-refractivity contribution in [2.75, 3.05) is 13.8 Å². The molecule has 1 aliphatic rings. The van der Waals surface area contributed by atoms with Crippen molar-refractivity contribution in [3.63, 3.8) is 0 Å². The van der Waals surface area contributed by atoms with E-state index in [1.165, 1.54) is 4.90 Å². The summed E-state index contributed by atoms with van der Waals surface area (Å²) >= 11 is 0. The van der Waals surface area contributed by atoms with Gasteiger partial charge in [-0.2, -0.15) is 0 Å². The van der Waals surface area contributed by atoms with E-state index in [2.05, 4.69) is 0 Å². The van der Waals surface area contributed by atoms with Crippen molar-refractivity contribution < 1.29 is 19.1 Å². The molecular weight excluding hydrogens is 296 g/mol. The number of carbonyl (C=O) groups is 2. The summed E-state index contributed by atoms with van der Waals surface area (Å²) in [6, 6.07) is 3.84. The summed E-state index contributed by atoms with van der Waals surface area (Å²) in [5, 5.41) is 0. The third kappa shape index (κ3) is 3.82. The van der Waals surface area contributed by atoms with Gasteiger partial charge in [0.15, 0.2) is 17.3 Å². The van der Waals surface area contributed by atoms with E-state index in [4.69, 9.17) is 15.2 Å². The lowest BCUT2D eigenvalue weighted by Crippen LogP contribution is -2.48. The molecule has 0 bridgehead atoms. The summed E-state index contributed by atoms with van der Waals surface area (Å²) < 4.78 is 10.5. The number of carbonyl (C=O) groups excluding carboxylic acids is 2. The van der Waals surface area contributed by atoms with E-state index in [0.717, 1.165) is 0 Å². The molecule has 0 spiro atoms. The second-order valence-electron chi connectivity index (χ2n) is 6.29. The lowest BCUT2D eigenvalue weighted by Gasteiger charge is -2.27. The van der Waals surface area contributed by atoms with Crippen LogP contribution in [0.3, 0.4) is 0 Å². The second-order valence-corrected chi connectivity index (χ2v) is 6.29. The maximum absolute atomic E-state index is 12.6. The number of hydrogen-bond donors (Lipinski definition) is 1. The molecule has 6 nitrogen and oxygen atoms in total. The standard InChI is InChI=1S/C17H24N2O4/c1-10(2)7-13(18)17(21)19(4)11(3)16(20)12-5-6-14-15(8-12)23-9-22-14/h5-6,8,10-11,13H,7,9,18H2,1-4H3/t11-,13+/m1/s1. The molecule has 1 aromatic carbocycles. The molecule has 23 heavy (non-hydrogen) atoms. The highest BCUT2D eigenvalue weighted by Crippen LogP contribution is 2.33. The minimum Gasteiger partial charge on any atom is -0.454 e. The first-order chi connectivity index (χ1) is 10.8. The zero-order valence-electron chi connectivity index (χ0n) is 14.0. The third-order valence-electron chi connectivity index (χ3n) is 4.01. The number of nitrogens with two attached hydrogens (primary N) is 1. The summed E-state index contributed by atoms with van der Waals surface area (Å²) in [5.74, 6) is 1.12. The topological polar surface area (TPSA) is 81.9 Å². The Balaban J connectivity index is 2.08. The fourth-order valence-corrected chi connectivity index (χ4v) is 2.53. The van der Waals surface area contributed by atoms with Crippen LogP contribution >= 0.6 is 0 Å². The number of hydrogen-bond acceptors (Lipinski definition) is 5. The molecule has 1 aliphatic heterocycles. The zero-order valence-corrected chi connectivity index (χ0v) is 14.0. The Hall–Kier alpha value is -2.08. The van der Waals surface area contributed by atoms with Gasteiger partial charge in [-0.15, -0.1) is 0 Å². The number of ketones is 1. The van der Waals surface area contributed by atoms with Gasteiger partial charge in [0.1, 0.15) is 0 Å². The fourth-order valence-electron chi connectivity index (χ4n) is 2.53. The van der Waals surface area contributed by atoms with Gasteiger partial charge < -0.3 is 20.1 Å². The maximum Gasteiger partial charge on any atom is 0.239 e. The second kappa shape index (κ2) is 7.00. The quantitative estimate of drug-likeness (QED) is 0.809. The number of nitrogens with zero attached hydrogens (tertiary/aromatic N) is 1. The predicted molar refractivity (Wildman–Crippen MR) is 86.6 cm³/mol.